The van der Waals surface area contributed by atoms with Crippen LogP contribution in [0.3, 0.4) is 0 Å². The van der Waals surface area contributed by atoms with E-state index in [-0.39, 0.29) is 11.3 Å². The Morgan fingerprint density at radius 2 is 2.05 bits per heavy atom. The van der Waals surface area contributed by atoms with E-state index in [1.165, 1.54) is 6.42 Å². The van der Waals surface area contributed by atoms with Crippen LogP contribution in [0.2, 0.25) is 0 Å². The molecule has 0 spiro atoms. The van der Waals surface area contributed by atoms with E-state index in [9.17, 15) is 4.79 Å². The normalized spacial score (nSPS) is 22.8. The molecule has 122 valence electrons. The molecule has 0 saturated carbocycles. The Hall–Kier alpha value is -1.43. The van der Waals surface area contributed by atoms with Crippen molar-refractivity contribution in [3.05, 3.63) is 11.4 Å². The highest BCUT2D eigenvalue weighted by atomic mass is 16.2. The molecule has 0 bridgehead atoms. The van der Waals surface area contributed by atoms with E-state index < -0.39 is 0 Å². The summed E-state index contributed by atoms with van der Waals surface area (Å²) in [4.78, 5) is 14.8. The Kier molecular flexibility index (Phi) is 4.21. The molecule has 0 aliphatic carbocycles. The van der Waals surface area contributed by atoms with E-state index >= 15 is 0 Å². The lowest BCUT2D eigenvalue weighted by molar-refractivity contribution is 0.0576. The average Bonchev–Trinajstić information content (AvgIpc) is 2.88. The summed E-state index contributed by atoms with van der Waals surface area (Å²) < 4.78 is 1.96. The van der Waals surface area contributed by atoms with Crippen molar-refractivity contribution in [2.75, 3.05) is 26.2 Å². The maximum absolute atomic E-state index is 12.8. The van der Waals surface area contributed by atoms with E-state index in [0.29, 0.717) is 11.7 Å². The number of piperidine rings is 2. The predicted molar refractivity (Wildman–Crippen MR) is 84.8 cm³/mol. The van der Waals surface area contributed by atoms with Crippen molar-refractivity contribution >= 4 is 5.91 Å². The lowest BCUT2D eigenvalue weighted by Gasteiger charge is -2.37. The number of rotatable bonds is 2. The first-order chi connectivity index (χ1) is 10.5. The van der Waals surface area contributed by atoms with Gasteiger partial charge in [0.15, 0.2) is 5.69 Å². The van der Waals surface area contributed by atoms with Crippen molar-refractivity contribution in [3.63, 3.8) is 0 Å². The van der Waals surface area contributed by atoms with Crippen LogP contribution in [-0.4, -0.2) is 52.0 Å². The number of likely N-dealkylation sites (tertiary alicyclic amines) is 1. The summed E-state index contributed by atoms with van der Waals surface area (Å²) in [6.07, 6.45) is 4.35. The zero-order valence-electron chi connectivity index (χ0n) is 13.9. The molecular weight excluding hydrogens is 278 g/mol. The molecule has 2 aliphatic rings. The number of hydrogen-bond acceptors (Lipinski definition) is 4. The fourth-order valence-electron chi connectivity index (χ4n) is 3.68. The summed E-state index contributed by atoms with van der Waals surface area (Å²) in [6, 6.07) is 0.369. The molecule has 6 heteroatoms. The molecule has 1 N–H and O–H groups in total. The van der Waals surface area contributed by atoms with Gasteiger partial charge in [0.05, 0.1) is 11.7 Å². The Bertz CT molecular complexity index is 545. The van der Waals surface area contributed by atoms with Gasteiger partial charge < -0.3 is 10.2 Å². The molecule has 0 unspecified atom stereocenters. The highest BCUT2D eigenvalue weighted by Gasteiger charge is 2.32. The molecule has 1 aromatic rings. The number of hydrogen-bond donors (Lipinski definition) is 1. The fraction of sp³-hybridized carbons (Fsp3) is 0.812. The summed E-state index contributed by atoms with van der Waals surface area (Å²) >= 11 is 0. The number of aromatic nitrogens is 3. The predicted octanol–water partition coefficient (Wildman–Crippen LogP) is 1.77. The minimum absolute atomic E-state index is 0.0467. The maximum Gasteiger partial charge on any atom is 0.276 e. The van der Waals surface area contributed by atoms with Gasteiger partial charge in [-0.2, -0.15) is 0 Å². The van der Waals surface area contributed by atoms with Crippen LogP contribution >= 0.6 is 0 Å². The van der Waals surface area contributed by atoms with Crippen LogP contribution in [0.5, 0.6) is 0 Å². The van der Waals surface area contributed by atoms with Crippen molar-refractivity contribution in [2.45, 2.75) is 52.5 Å². The van der Waals surface area contributed by atoms with E-state index in [0.717, 1.165) is 51.1 Å². The highest BCUT2D eigenvalue weighted by molar-refractivity contribution is 5.93. The Morgan fingerprint density at radius 1 is 1.32 bits per heavy atom. The number of carbonyl (C=O) groups excluding carboxylic acids is 1. The summed E-state index contributed by atoms with van der Waals surface area (Å²) in [5, 5.41) is 11.9. The van der Waals surface area contributed by atoms with Crippen molar-refractivity contribution in [3.8, 4) is 0 Å². The first kappa shape index (κ1) is 15.5. The van der Waals surface area contributed by atoms with Gasteiger partial charge in [-0.3, -0.25) is 4.79 Å². The van der Waals surface area contributed by atoms with Crippen LogP contribution in [-0.2, 0) is 0 Å². The topological polar surface area (TPSA) is 63.1 Å². The molecule has 22 heavy (non-hydrogen) atoms. The van der Waals surface area contributed by atoms with Gasteiger partial charge in [0, 0.05) is 13.1 Å². The van der Waals surface area contributed by atoms with E-state index in [2.05, 4.69) is 29.5 Å². The van der Waals surface area contributed by atoms with Gasteiger partial charge in [0.2, 0.25) is 0 Å². The molecule has 6 nitrogen and oxygen atoms in total. The second kappa shape index (κ2) is 5.99. The smallest absolute Gasteiger partial charge is 0.276 e. The molecule has 2 saturated heterocycles. The first-order valence-electron chi connectivity index (χ1n) is 8.40. The van der Waals surface area contributed by atoms with Crippen LogP contribution in [0.4, 0.5) is 0 Å². The van der Waals surface area contributed by atoms with Gasteiger partial charge in [0.25, 0.3) is 5.91 Å². The van der Waals surface area contributed by atoms with Gasteiger partial charge >= 0.3 is 0 Å². The van der Waals surface area contributed by atoms with Crippen molar-refractivity contribution in [1.82, 2.24) is 25.2 Å². The van der Waals surface area contributed by atoms with Gasteiger partial charge in [-0.05, 0) is 51.1 Å². The molecule has 1 amide bonds. The molecule has 0 radical (unpaired) electrons. The van der Waals surface area contributed by atoms with Crippen LogP contribution in [0.25, 0.3) is 0 Å². The van der Waals surface area contributed by atoms with Crippen LogP contribution in [0.15, 0.2) is 0 Å². The Morgan fingerprint density at radius 3 is 2.73 bits per heavy atom. The lowest BCUT2D eigenvalue weighted by atomic mass is 9.84. The fourth-order valence-corrected chi connectivity index (χ4v) is 3.68. The summed E-state index contributed by atoms with van der Waals surface area (Å²) in [6.45, 7) is 10.1. The SMILES string of the molecule is Cc1c(C(=O)N2CCCC(C)(C)C2)nnn1C1CCNCC1. The number of nitrogens with zero attached hydrogens (tertiary/aromatic N) is 4. The molecule has 0 aromatic carbocycles. The number of carbonyl (C=O) groups is 1. The summed E-state index contributed by atoms with van der Waals surface area (Å²) in [5.74, 6) is 0.0467. The standard InChI is InChI=1S/C16H27N5O/c1-12-14(15(22)20-10-4-7-16(2,3)11-20)18-19-21(12)13-5-8-17-9-6-13/h13,17H,4-11H2,1-3H3. The van der Waals surface area contributed by atoms with Crippen LogP contribution in [0.1, 0.15) is 61.8 Å². The quantitative estimate of drug-likeness (QED) is 0.904. The lowest BCUT2D eigenvalue weighted by Crippen LogP contribution is -2.44. The highest BCUT2D eigenvalue weighted by Crippen LogP contribution is 2.29. The maximum atomic E-state index is 12.8. The third-order valence-corrected chi connectivity index (χ3v) is 4.97. The molecule has 2 fully saturated rings. The van der Waals surface area contributed by atoms with Gasteiger partial charge in [0.1, 0.15) is 0 Å². The monoisotopic (exact) mass is 305 g/mol. The Labute approximate surface area is 132 Å². The second-order valence-electron chi connectivity index (χ2n) is 7.44. The Balaban J connectivity index is 1.77. The molecular formula is C16H27N5O. The number of nitrogens with one attached hydrogen (secondary N) is 1. The minimum atomic E-state index is 0.0467. The van der Waals surface area contributed by atoms with Crippen molar-refractivity contribution < 1.29 is 4.79 Å². The first-order valence-corrected chi connectivity index (χ1v) is 8.40. The third kappa shape index (κ3) is 3.02. The van der Waals surface area contributed by atoms with E-state index in [4.69, 9.17) is 0 Å². The average molecular weight is 305 g/mol. The van der Waals surface area contributed by atoms with Crippen molar-refractivity contribution in [2.24, 2.45) is 5.41 Å². The van der Waals surface area contributed by atoms with Gasteiger partial charge in [-0.15, -0.1) is 5.10 Å². The molecule has 2 aliphatic heterocycles. The zero-order valence-corrected chi connectivity index (χ0v) is 13.9. The van der Waals surface area contributed by atoms with E-state index in [1.54, 1.807) is 0 Å². The summed E-state index contributed by atoms with van der Waals surface area (Å²) in [7, 11) is 0. The van der Waals surface area contributed by atoms with Crippen molar-refractivity contribution in [1.29, 1.82) is 0 Å². The number of amides is 1. The van der Waals surface area contributed by atoms with E-state index in [1.807, 2.05) is 16.5 Å². The zero-order chi connectivity index (χ0) is 15.7. The third-order valence-electron chi connectivity index (χ3n) is 4.97. The minimum Gasteiger partial charge on any atom is -0.337 e. The second-order valence-corrected chi connectivity index (χ2v) is 7.44. The van der Waals surface area contributed by atoms with Gasteiger partial charge in [-0.25, -0.2) is 4.68 Å². The van der Waals surface area contributed by atoms with Gasteiger partial charge in [-0.1, -0.05) is 19.1 Å². The molecule has 1 aromatic heterocycles. The molecule has 3 rings (SSSR count). The molecule has 3 heterocycles. The van der Waals surface area contributed by atoms with Crippen LogP contribution < -0.4 is 5.32 Å². The molecule has 0 atom stereocenters. The largest absolute Gasteiger partial charge is 0.337 e. The van der Waals surface area contributed by atoms with Crippen LogP contribution in [0, 0.1) is 12.3 Å². The summed E-state index contributed by atoms with van der Waals surface area (Å²) in [5.41, 5.74) is 1.66.